The van der Waals surface area contributed by atoms with E-state index >= 15 is 0 Å². The monoisotopic (exact) mass is 497 g/mol. The summed E-state index contributed by atoms with van der Waals surface area (Å²) in [7, 11) is 0. The van der Waals surface area contributed by atoms with Crippen molar-refractivity contribution in [1.82, 2.24) is 4.98 Å². The van der Waals surface area contributed by atoms with Crippen LogP contribution < -0.4 is 10.6 Å². The Hall–Kier alpha value is -2.84. The van der Waals surface area contributed by atoms with Gasteiger partial charge in [-0.2, -0.15) is 0 Å². The maximum absolute atomic E-state index is 13.8. The third kappa shape index (κ3) is 6.39. The molecule has 0 aliphatic heterocycles. The fourth-order valence-corrected chi connectivity index (χ4v) is 5.56. The zero-order valence-electron chi connectivity index (χ0n) is 19.1. The molecule has 3 aromatic rings. The normalized spacial score (nSPS) is 17.7. The van der Waals surface area contributed by atoms with E-state index in [1.54, 1.807) is 29.5 Å². The predicted octanol–water partition coefficient (Wildman–Crippen LogP) is 6.99. The highest BCUT2D eigenvalue weighted by molar-refractivity contribution is 7.80. The first-order chi connectivity index (χ1) is 16.5. The second-order valence-electron chi connectivity index (χ2n) is 8.43. The molecule has 0 atom stereocenters. The molecule has 5 nitrogen and oxygen atoms in total. The van der Waals surface area contributed by atoms with Gasteiger partial charge < -0.3 is 15.4 Å². The van der Waals surface area contributed by atoms with Gasteiger partial charge in [0.05, 0.1) is 22.2 Å². The fraction of sp³-hybridized carbons (Fsp3) is 0.346. The van der Waals surface area contributed by atoms with Crippen LogP contribution in [0.25, 0.3) is 10.4 Å². The zero-order chi connectivity index (χ0) is 23.9. The van der Waals surface area contributed by atoms with Crippen molar-refractivity contribution in [3.63, 3.8) is 0 Å². The number of halogens is 1. The first-order valence-corrected chi connectivity index (χ1v) is 12.8. The van der Waals surface area contributed by atoms with Crippen molar-refractivity contribution in [2.75, 3.05) is 17.2 Å². The Balaban J connectivity index is 1.30. The molecule has 0 saturated heterocycles. The van der Waals surface area contributed by atoms with Gasteiger partial charge in [0.25, 0.3) is 0 Å². The molecular weight excluding hydrogens is 469 g/mol. The molecule has 1 aromatic heterocycles. The molecule has 2 aromatic carbocycles. The minimum atomic E-state index is -0.351. The largest absolute Gasteiger partial charge is 0.466 e. The molecule has 1 heterocycles. The number of hydrogen-bond acceptors (Lipinski definition) is 5. The Morgan fingerprint density at radius 3 is 2.56 bits per heavy atom. The molecule has 0 amide bonds. The Bertz CT molecular complexity index is 1130. The summed E-state index contributed by atoms with van der Waals surface area (Å²) in [5.74, 6) is 0.452. The third-order valence-electron chi connectivity index (χ3n) is 6.03. The van der Waals surface area contributed by atoms with Crippen LogP contribution in [-0.4, -0.2) is 22.7 Å². The highest BCUT2D eigenvalue weighted by Crippen LogP contribution is 2.40. The lowest BCUT2D eigenvalue weighted by molar-refractivity contribution is -0.144. The average Bonchev–Trinajstić information content (AvgIpc) is 3.32. The number of nitrogens with one attached hydrogen (secondary N) is 2. The molecule has 0 radical (unpaired) electrons. The third-order valence-corrected chi connectivity index (χ3v) is 7.44. The van der Waals surface area contributed by atoms with Crippen molar-refractivity contribution in [1.29, 1.82) is 0 Å². The second-order valence-corrected chi connectivity index (χ2v) is 9.90. The van der Waals surface area contributed by atoms with Gasteiger partial charge in [0.2, 0.25) is 0 Å². The van der Waals surface area contributed by atoms with Gasteiger partial charge in [-0.1, -0.05) is 24.3 Å². The molecule has 1 aliphatic carbocycles. The number of rotatable bonds is 7. The van der Waals surface area contributed by atoms with Gasteiger partial charge in [0.1, 0.15) is 5.82 Å². The summed E-state index contributed by atoms with van der Waals surface area (Å²) >= 11 is 7.04. The molecule has 178 valence electrons. The minimum absolute atomic E-state index is 0.0794. The van der Waals surface area contributed by atoms with Crippen LogP contribution in [-0.2, 0) is 9.53 Å². The Labute approximate surface area is 208 Å². The Morgan fingerprint density at radius 2 is 1.85 bits per heavy atom. The molecule has 8 heteroatoms. The van der Waals surface area contributed by atoms with Crippen molar-refractivity contribution in [2.24, 2.45) is 5.92 Å². The summed E-state index contributed by atoms with van der Waals surface area (Å²) in [5, 5.41) is 7.46. The maximum Gasteiger partial charge on any atom is 0.306 e. The smallest absolute Gasteiger partial charge is 0.306 e. The van der Waals surface area contributed by atoms with E-state index in [-0.39, 0.29) is 11.8 Å². The molecular formula is C26H28FN3O2S2. The van der Waals surface area contributed by atoms with E-state index in [0.29, 0.717) is 35.7 Å². The number of anilines is 2. The number of nitrogens with zero attached hydrogens (tertiary/aromatic N) is 1. The van der Waals surface area contributed by atoms with Crippen molar-refractivity contribution < 1.29 is 13.9 Å². The quantitative estimate of drug-likeness (QED) is 0.271. The highest BCUT2D eigenvalue weighted by atomic mass is 32.1. The molecule has 2 N–H and O–H groups in total. The van der Waals surface area contributed by atoms with Crippen LogP contribution in [0.3, 0.4) is 0 Å². The van der Waals surface area contributed by atoms with Crippen molar-refractivity contribution >= 4 is 46.0 Å². The van der Waals surface area contributed by atoms with Crippen LogP contribution in [0.15, 0.2) is 54.7 Å². The summed E-state index contributed by atoms with van der Waals surface area (Å²) in [6.07, 6.45) is 6.68. The molecule has 0 spiro atoms. The summed E-state index contributed by atoms with van der Waals surface area (Å²) in [4.78, 5) is 17.6. The first-order valence-electron chi connectivity index (χ1n) is 11.6. The van der Waals surface area contributed by atoms with E-state index in [1.165, 1.54) is 11.1 Å². The Morgan fingerprint density at radius 1 is 1.12 bits per heavy atom. The van der Waals surface area contributed by atoms with E-state index in [1.807, 2.05) is 37.4 Å². The predicted molar refractivity (Wildman–Crippen MR) is 140 cm³/mol. The summed E-state index contributed by atoms with van der Waals surface area (Å²) in [6, 6.07) is 14.4. The van der Waals surface area contributed by atoms with Gasteiger partial charge in [-0.15, -0.1) is 11.3 Å². The highest BCUT2D eigenvalue weighted by Gasteiger charge is 2.26. The zero-order valence-corrected chi connectivity index (χ0v) is 20.7. The second kappa shape index (κ2) is 11.5. The number of carbonyl (C=O) groups excluding carboxylic acids is 1. The first kappa shape index (κ1) is 24.3. The lowest BCUT2D eigenvalue weighted by Crippen LogP contribution is -2.19. The van der Waals surface area contributed by atoms with E-state index in [0.717, 1.165) is 41.8 Å². The van der Waals surface area contributed by atoms with Gasteiger partial charge in [0, 0.05) is 24.2 Å². The number of esters is 1. The van der Waals surface area contributed by atoms with E-state index in [2.05, 4.69) is 10.6 Å². The Kier molecular flexibility index (Phi) is 8.24. The number of aromatic nitrogens is 1. The molecule has 1 saturated carbocycles. The van der Waals surface area contributed by atoms with Crippen molar-refractivity contribution in [3.8, 4) is 10.4 Å². The molecule has 1 fully saturated rings. The molecule has 34 heavy (non-hydrogen) atoms. The standard InChI is InChI=1S/C26H28FN3O2S2/c1-2-32-24(31)15-17-7-9-19(10-8-17)25-28-16-23(34-25)18-11-13-20(14-12-18)29-26(33)30-22-6-4-3-5-21(22)27/h3-6,11-14,16-17,19H,2,7-10,15H2,1H3,(H2,29,30,33). The number of benzene rings is 2. The molecule has 0 unspecified atom stereocenters. The number of para-hydroxylation sites is 1. The van der Waals surface area contributed by atoms with E-state index in [9.17, 15) is 9.18 Å². The van der Waals surface area contributed by atoms with Gasteiger partial charge in [0.15, 0.2) is 5.11 Å². The van der Waals surface area contributed by atoms with Crippen LogP contribution in [0.2, 0.25) is 0 Å². The number of ether oxygens (including phenoxy) is 1. The lowest BCUT2D eigenvalue weighted by Gasteiger charge is -2.26. The van der Waals surface area contributed by atoms with Crippen molar-refractivity contribution in [2.45, 2.75) is 44.9 Å². The van der Waals surface area contributed by atoms with E-state index < -0.39 is 0 Å². The maximum atomic E-state index is 13.8. The van der Waals surface area contributed by atoms with Crippen molar-refractivity contribution in [3.05, 3.63) is 65.6 Å². The van der Waals surface area contributed by atoms with Gasteiger partial charge in [-0.3, -0.25) is 4.79 Å². The lowest BCUT2D eigenvalue weighted by atomic mass is 9.81. The van der Waals surface area contributed by atoms with Gasteiger partial charge in [-0.25, -0.2) is 9.37 Å². The fourth-order valence-electron chi connectivity index (χ4n) is 4.24. The van der Waals surface area contributed by atoms with Crippen LogP contribution in [0.1, 0.15) is 50.0 Å². The molecule has 1 aliphatic rings. The van der Waals surface area contributed by atoms with Crippen LogP contribution in [0.4, 0.5) is 15.8 Å². The number of carbonyl (C=O) groups is 1. The summed E-state index contributed by atoms with van der Waals surface area (Å²) < 4.78 is 18.9. The van der Waals surface area contributed by atoms with E-state index in [4.69, 9.17) is 21.9 Å². The van der Waals surface area contributed by atoms with Crippen LogP contribution in [0, 0.1) is 11.7 Å². The van der Waals surface area contributed by atoms with Crippen LogP contribution in [0.5, 0.6) is 0 Å². The minimum Gasteiger partial charge on any atom is -0.466 e. The number of thiazole rings is 1. The SMILES string of the molecule is CCOC(=O)CC1CCC(c2ncc(-c3ccc(NC(=S)Nc4ccccc4F)cc3)s2)CC1. The van der Waals surface area contributed by atoms with Gasteiger partial charge in [-0.05, 0) is 80.6 Å². The summed E-state index contributed by atoms with van der Waals surface area (Å²) in [5.41, 5.74) is 2.25. The van der Waals surface area contributed by atoms with Crippen LogP contribution >= 0.6 is 23.6 Å². The number of thiocarbonyl (C=S) groups is 1. The topological polar surface area (TPSA) is 63.2 Å². The summed E-state index contributed by atoms with van der Waals surface area (Å²) in [6.45, 7) is 2.30. The molecule has 4 rings (SSSR count). The average molecular weight is 498 g/mol. The number of hydrogen-bond donors (Lipinski definition) is 2. The molecule has 0 bridgehead atoms. The van der Waals surface area contributed by atoms with Gasteiger partial charge >= 0.3 is 5.97 Å².